The molecule has 1 aliphatic rings. The number of pyridine rings is 1. The summed E-state index contributed by atoms with van der Waals surface area (Å²) in [4.78, 5) is 40.2. The molecule has 38 heavy (non-hydrogen) atoms. The molecule has 0 fully saturated rings. The van der Waals surface area contributed by atoms with E-state index in [1.807, 2.05) is 13.0 Å². The fourth-order valence-corrected chi connectivity index (χ4v) is 5.70. The third-order valence-electron chi connectivity index (χ3n) is 6.44. The summed E-state index contributed by atoms with van der Waals surface area (Å²) in [5.74, 6) is 0.261. The third-order valence-corrected chi connectivity index (χ3v) is 7.56. The van der Waals surface area contributed by atoms with E-state index in [4.69, 9.17) is 4.74 Å². The second-order valence-electron chi connectivity index (χ2n) is 9.17. The van der Waals surface area contributed by atoms with Gasteiger partial charge in [-0.05, 0) is 68.3 Å². The predicted molar refractivity (Wildman–Crippen MR) is 148 cm³/mol. The Morgan fingerprint density at radius 3 is 2.50 bits per heavy atom. The summed E-state index contributed by atoms with van der Waals surface area (Å²) in [5.41, 5.74) is 3.02. The molecule has 4 aromatic rings. The van der Waals surface area contributed by atoms with Gasteiger partial charge in [0.15, 0.2) is 0 Å². The maximum Gasteiger partial charge on any atom is 0.268 e. The van der Waals surface area contributed by atoms with Crippen molar-refractivity contribution in [2.75, 3.05) is 18.0 Å². The highest BCUT2D eigenvalue weighted by atomic mass is 32.1. The van der Waals surface area contributed by atoms with Crippen molar-refractivity contribution >= 4 is 38.9 Å². The van der Waals surface area contributed by atoms with Crippen LogP contribution in [0.25, 0.3) is 21.2 Å². The van der Waals surface area contributed by atoms with Crippen LogP contribution in [0.4, 0.5) is 10.1 Å². The Kier molecular flexibility index (Phi) is 6.62. The molecule has 2 aromatic carbocycles. The van der Waals surface area contributed by atoms with Crippen LogP contribution < -0.4 is 20.5 Å². The van der Waals surface area contributed by atoms with Gasteiger partial charge in [0, 0.05) is 54.6 Å². The summed E-state index contributed by atoms with van der Waals surface area (Å²) in [6.45, 7) is 6.29. The smallest absolute Gasteiger partial charge is 0.268 e. The minimum Gasteiger partial charge on any atom is -0.456 e. The van der Waals surface area contributed by atoms with E-state index < -0.39 is 0 Å². The molecular weight excluding hydrogens is 505 g/mol. The molecule has 0 bridgehead atoms. The first kappa shape index (κ1) is 25.4. The van der Waals surface area contributed by atoms with Crippen LogP contribution in [0.3, 0.4) is 0 Å². The highest BCUT2D eigenvalue weighted by molar-refractivity contribution is 7.20. The number of ether oxygens (including phenoxy) is 1. The number of fused-ring (bicyclic) bond motifs is 1. The second-order valence-corrected chi connectivity index (χ2v) is 10.2. The van der Waals surface area contributed by atoms with E-state index in [1.54, 1.807) is 56.3 Å². The number of amides is 2. The SMILES string of the molecule is CCNC(=O)c1cc2c(-c3cc(N4CC=CC4=O)ccc3Oc3c(C)cc(F)cc3C)cn(C)c(=O)c2s1. The van der Waals surface area contributed by atoms with Gasteiger partial charge in [-0.25, -0.2) is 4.39 Å². The molecule has 3 heterocycles. The number of benzene rings is 2. The summed E-state index contributed by atoms with van der Waals surface area (Å²) in [6.07, 6.45) is 5.02. The number of hydrogen-bond donors (Lipinski definition) is 1. The summed E-state index contributed by atoms with van der Waals surface area (Å²) in [6, 6.07) is 9.95. The molecule has 7 nitrogen and oxygen atoms in total. The van der Waals surface area contributed by atoms with Gasteiger partial charge in [-0.2, -0.15) is 0 Å². The molecule has 0 saturated heterocycles. The Morgan fingerprint density at radius 2 is 1.84 bits per heavy atom. The fourth-order valence-electron chi connectivity index (χ4n) is 4.63. The minimum atomic E-state index is -0.348. The summed E-state index contributed by atoms with van der Waals surface area (Å²) < 4.78 is 22.3. The zero-order valence-corrected chi connectivity index (χ0v) is 22.2. The largest absolute Gasteiger partial charge is 0.456 e. The van der Waals surface area contributed by atoms with Gasteiger partial charge in [-0.15, -0.1) is 11.3 Å². The Bertz CT molecular complexity index is 1680. The maximum absolute atomic E-state index is 14.0. The van der Waals surface area contributed by atoms with E-state index in [9.17, 15) is 18.8 Å². The van der Waals surface area contributed by atoms with Gasteiger partial charge >= 0.3 is 0 Å². The van der Waals surface area contributed by atoms with Crippen LogP contribution in [-0.2, 0) is 11.8 Å². The number of aromatic nitrogens is 1. The lowest BCUT2D eigenvalue weighted by Crippen LogP contribution is -2.24. The normalized spacial score (nSPS) is 13.0. The Morgan fingerprint density at radius 1 is 1.11 bits per heavy atom. The molecule has 1 N–H and O–H groups in total. The molecule has 1 aliphatic heterocycles. The lowest BCUT2D eigenvalue weighted by Gasteiger charge is -2.21. The number of carbonyl (C=O) groups excluding carboxylic acids is 2. The molecule has 0 radical (unpaired) electrons. The molecule has 194 valence electrons. The van der Waals surface area contributed by atoms with Crippen LogP contribution in [0.5, 0.6) is 11.5 Å². The number of hydrogen-bond acceptors (Lipinski definition) is 5. The lowest BCUT2D eigenvalue weighted by atomic mass is 10.0. The van der Waals surface area contributed by atoms with E-state index in [1.165, 1.54) is 22.8 Å². The molecular formula is C29H26FN3O4S. The zero-order chi connectivity index (χ0) is 27.1. The van der Waals surface area contributed by atoms with Crippen LogP contribution in [-0.4, -0.2) is 29.5 Å². The topological polar surface area (TPSA) is 80.6 Å². The summed E-state index contributed by atoms with van der Waals surface area (Å²) in [7, 11) is 1.66. The predicted octanol–water partition coefficient (Wildman–Crippen LogP) is 5.47. The van der Waals surface area contributed by atoms with Crippen molar-refractivity contribution < 1.29 is 18.7 Å². The van der Waals surface area contributed by atoms with E-state index in [0.717, 1.165) is 11.3 Å². The number of aryl methyl sites for hydroxylation is 3. The number of halogens is 1. The van der Waals surface area contributed by atoms with E-state index in [0.29, 0.717) is 67.5 Å². The van der Waals surface area contributed by atoms with Crippen LogP contribution in [0.1, 0.15) is 27.7 Å². The van der Waals surface area contributed by atoms with E-state index in [2.05, 4.69) is 5.32 Å². The average molecular weight is 532 g/mol. The van der Waals surface area contributed by atoms with Gasteiger partial charge in [-0.3, -0.25) is 14.4 Å². The molecule has 0 atom stereocenters. The molecule has 0 unspecified atom stereocenters. The van der Waals surface area contributed by atoms with Gasteiger partial charge in [0.1, 0.15) is 22.0 Å². The Balaban J connectivity index is 1.74. The van der Waals surface area contributed by atoms with Crippen LogP contribution in [0.15, 0.2) is 59.5 Å². The Hall–Kier alpha value is -4.24. The van der Waals surface area contributed by atoms with Crippen molar-refractivity contribution in [2.45, 2.75) is 20.8 Å². The second kappa shape index (κ2) is 9.90. The fraction of sp³-hybridized carbons (Fsp3) is 0.207. The van der Waals surface area contributed by atoms with E-state index >= 15 is 0 Å². The molecule has 0 saturated carbocycles. The van der Waals surface area contributed by atoms with Crippen LogP contribution in [0.2, 0.25) is 0 Å². The van der Waals surface area contributed by atoms with Crippen molar-refractivity contribution in [3.05, 3.63) is 86.9 Å². The van der Waals surface area contributed by atoms with Crippen LogP contribution in [0, 0.1) is 19.7 Å². The molecule has 9 heteroatoms. The minimum absolute atomic E-state index is 0.130. The first-order valence-corrected chi connectivity index (χ1v) is 13.0. The number of thiophene rings is 1. The number of nitrogens with one attached hydrogen (secondary N) is 1. The highest BCUT2D eigenvalue weighted by Gasteiger charge is 2.23. The van der Waals surface area contributed by atoms with Gasteiger partial charge in [0.25, 0.3) is 17.4 Å². The van der Waals surface area contributed by atoms with Gasteiger partial charge in [0.2, 0.25) is 0 Å². The number of carbonyl (C=O) groups is 2. The number of nitrogens with zero attached hydrogens (tertiary/aromatic N) is 2. The Labute approximate surface area is 222 Å². The van der Waals surface area contributed by atoms with Crippen molar-refractivity contribution in [1.29, 1.82) is 0 Å². The maximum atomic E-state index is 14.0. The van der Waals surface area contributed by atoms with Gasteiger partial charge < -0.3 is 19.5 Å². The van der Waals surface area contributed by atoms with Crippen molar-refractivity contribution in [3.63, 3.8) is 0 Å². The van der Waals surface area contributed by atoms with Crippen molar-refractivity contribution in [1.82, 2.24) is 9.88 Å². The van der Waals surface area contributed by atoms with Crippen molar-refractivity contribution in [2.24, 2.45) is 7.05 Å². The number of anilines is 1. The zero-order valence-electron chi connectivity index (χ0n) is 21.4. The first-order chi connectivity index (χ1) is 18.2. The molecule has 2 aromatic heterocycles. The first-order valence-electron chi connectivity index (χ1n) is 12.2. The monoisotopic (exact) mass is 531 g/mol. The van der Waals surface area contributed by atoms with E-state index in [-0.39, 0.29) is 23.2 Å². The number of rotatable bonds is 6. The summed E-state index contributed by atoms with van der Waals surface area (Å²) in [5, 5.41) is 3.40. The molecule has 5 rings (SSSR count). The quantitative estimate of drug-likeness (QED) is 0.358. The average Bonchev–Trinajstić information content (AvgIpc) is 3.51. The van der Waals surface area contributed by atoms with Gasteiger partial charge in [-0.1, -0.05) is 6.08 Å². The molecule has 0 spiro atoms. The highest BCUT2D eigenvalue weighted by Crippen LogP contribution is 2.42. The van der Waals surface area contributed by atoms with Gasteiger partial charge in [0.05, 0.1) is 4.88 Å². The van der Waals surface area contributed by atoms with Crippen molar-refractivity contribution in [3.8, 4) is 22.6 Å². The summed E-state index contributed by atoms with van der Waals surface area (Å²) >= 11 is 1.14. The van der Waals surface area contributed by atoms with Crippen LogP contribution >= 0.6 is 11.3 Å². The standard InChI is InChI=1S/C29H26FN3O4S/c1-5-31-28(35)24-14-21-22(15-32(4)29(36)27(21)38-24)20-13-19(33-10-6-7-25(33)34)8-9-23(20)37-26-16(2)11-18(30)12-17(26)3/h6-9,11-15H,5,10H2,1-4H3,(H,31,35). The third kappa shape index (κ3) is 4.50. The molecule has 0 aliphatic carbocycles. The lowest BCUT2D eigenvalue weighted by molar-refractivity contribution is -0.113. The molecule has 2 amide bonds.